The van der Waals surface area contributed by atoms with E-state index in [-0.39, 0.29) is 23.7 Å². The minimum atomic E-state index is -3.99. The van der Waals surface area contributed by atoms with Crippen LogP contribution in [0.2, 0.25) is 0 Å². The van der Waals surface area contributed by atoms with Gasteiger partial charge in [0.25, 0.3) is 0 Å². The van der Waals surface area contributed by atoms with Crippen LogP contribution in [0.4, 0.5) is 0 Å². The van der Waals surface area contributed by atoms with Gasteiger partial charge >= 0.3 is 8.56 Å². The zero-order valence-electron chi connectivity index (χ0n) is 18.1. The standard InChI is InChI=1S/C18H40N4O4Si/c1-9-13(21-17(23)15(19-7)11(3)4)27(25,26)14(10-2)22-18(24)16(20-8)12(5)6/h11-16,19-20,25-26H,9-10H2,1-8H3,(H,21,23)(H,22,24). The summed E-state index contributed by atoms with van der Waals surface area (Å²) in [4.78, 5) is 47.0. The third kappa shape index (κ3) is 7.15. The molecule has 0 aromatic heterocycles. The molecule has 0 rings (SSSR count). The normalized spacial score (nSPS) is 16.7. The summed E-state index contributed by atoms with van der Waals surface area (Å²) in [5, 5.41) is 11.5. The second-order valence-corrected chi connectivity index (χ2v) is 10.7. The van der Waals surface area contributed by atoms with E-state index in [1.54, 1.807) is 27.9 Å². The lowest BCUT2D eigenvalue weighted by Gasteiger charge is -2.36. The van der Waals surface area contributed by atoms with Crippen LogP contribution < -0.4 is 21.3 Å². The number of carbonyl (C=O) groups is 2. The Morgan fingerprint density at radius 1 is 0.778 bits per heavy atom. The minimum Gasteiger partial charge on any atom is -0.408 e. The molecule has 0 spiro atoms. The molecule has 0 heterocycles. The Hall–Kier alpha value is -1.00. The van der Waals surface area contributed by atoms with Crippen LogP contribution in [-0.2, 0) is 9.59 Å². The van der Waals surface area contributed by atoms with Crippen LogP contribution >= 0.6 is 0 Å². The molecule has 0 fully saturated rings. The smallest absolute Gasteiger partial charge is 0.378 e. The molecule has 0 saturated carbocycles. The molecule has 0 aliphatic rings. The Kier molecular flexibility index (Phi) is 11.3. The van der Waals surface area contributed by atoms with Gasteiger partial charge in [-0.2, -0.15) is 0 Å². The highest BCUT2D eigenvalue weighted by Crippen LogP contribution is 2.15. The van der Waals surface area contributed by atoms with Gasteiger partial charge in [-0.05, 0) is 38.8 Å². The van der Waals surface area contributed by atoms with E-state index in [1.165, 1.54) is 0 Å². The molecule has 0 aromatic rings. The van der Waals surface area contributed by atoms with Crippen molar-refractivity contribution in [2.45, 2.75) is 77.8 Å². The van der Waals surface area contributed by atoms with E-state index >= 15 is 0 Å². The molecule has 9 heteroatoms. The van der Waals surface area contributed by atoms with E-state index in [4.69, 9.17) is 0 Å². The lowest BCUT2D eigenvalue weighted by Crippen LogP contribution is -2.70. The summed E-state index contributed by atoms with van der Waals surface area (Å²) in [6.45, 7) is 11.3. The van der Waals surface area contributed by atoms with E-state index in [0.717, 1.165) is 0 Å². The number of nitrogens with one attached hydrogen (secondary N) is 4. The van der Waals surface area contributed by atoms with Crippen LogP contribution in [0.3, 0.4) is 0 Å². The molecule has 4 atom stereocenters. The molecule has 0 aromatic carbocycles. The third-order valence-electron chi connectivity index (χ3n) is 5.00. The molecule has 0 radical (unpaired) electrons. The Morgan fingerprint density at radius 2 is 1.07 bits per heavy atom. The quantitative estimate of drug-likeness (QED) is 0.250. The molecule has 2 amide bonds. The van der Waals surface area contributed by atoms with Gasteiger partial charge in [0.05, 0.1) is 23.4 Å². The van der Waals surface area contributed by atoms with Gasteiger partial charge in [0.2, 0.25) is 11.8 Å². The van der Waals surface area contributed by atoms with Crippen molar-refractivity contribution in [1.29, 1.82) is 0 Å². The van der Waals surface area contributed by atoms with Gasteiger partial charge < -0.3 is 30.9 Å². The lowest BCUT2D eigenvalue weighted by molar-refractivity contribution is -0.124. The number of hydrogen-bond acceptors (Lipinski definition) is 6. The molecule has 6 N–H and O–H groups in total. The van der Waals surface area contributed by atoms with Crippen molar-refractivity contribution in [2.75, 3.05) is 14.1 Å². The molecule has 8 nitrogen and oxygen atoms in total. The van der Waals surface area contributed by atoms with Crippen molar-refractivity contribution >= 4 is 20.4 Å². The number of hydrogen-bond donors (Lipinski definition) is 6. The van der Waals surface area contributed by atoms with Crippen molar-refractivity contribution in [2.24, 2.45) is 11.8 Å². The predicted octanol–water partition coefficient (Wildman–Crippen LogP) is -0.231. The Balaban J connectivity index is 5.36. The van der Waals surface area contributed by atoms with E-state index in [2.05, 4.69) is 21.3 Å². The van der Waals surface area contributed by atoms with Gasteiger partial charge in [0, 0.05) is 0 Å². The average molecular weight is 405 g/mol. The molecule has 4 unspecified atom stereocenters. The van der Waals surface area contributed by atoms with Gasteiger partial charge in [0.1, 0.15) is 0 Å². The van der Waals surface area contributed by atoms with Crippen molar-refractivity contribution in [3.63, 3.8) is 0 Å². The van der Waals surface area contributed by atoms with Crippen molar-refractivity contribution in [1.82, 2.24) is 21.3 Å². The van der Waals surface area contributed by atoms with Crippen LogP contribution in [0.1, 0.15) is 54.4 Å². The van der Waals surface area contributed by atoms with Gasteiger partial charge in [0.15, 0.2) is 0 Å². The highest BCUT2D eigenvalue weighted by atomic mass is 28.4. The number of amides is 2. The topological polar surface area (TPSA) is 123 Å². The number of rotatable bonds is 12. The van der Waals surface area contributed by atoms with Gasteiger partial charge in [-0.3, -0.25) is 9.59 Å². The monoisotopic (exact) mass is 404 g/mol. The predicted molar refractivity (Wildman–Crippen MR) is 110 cm³/mol. The Bertz CT molecular complexity index is 434. The van der Waals surface area contributed by atoms with E-state index in [0.29, 0.717) is 12.8 Å². The molecule has 0 saturated heterocycles. The first kappa shape index (κ1) is 26.0. The van der Waals surface area contributed by atoms with Crippen molar-refractivity contribution < 1.29 is 19.2 Å². The third-order valence-corrected chi connectivity index (χ3v) is 8.15. The summed E-state index contributed by atoms with van der Waals surface area (Å²) in [6.07, 6.45) is 0.733. The highest BCUT2D eigenvalue weighted by Gasteiger charge is 2.48. The first-order valence-electron chi connectivity index (χ1n) is 9.87. The minimum absolute atomic E-state index is 0.0602. The number of likely N-dealkylation sites (N-methyl/N-ethyl adjacent to an activating group) is 2. The van der Waals surface area contributed by atoms with Gasteiger partial charge in [-0.15, -0.1) is 0 Å². The van der Waals surface area contributed by atoms with Crippen LogP contribution in [0.5, 0.6) is 0 Å². The largest absolute Gasteiger partial charge is 0.408 e. The van der Waals surface area contributed by atoms with Crippen LogP contribution in [0.25, 0.3) is 0 Å². The SMILES string of the molecule is CCC(NC(=O)C(NC)C(C)C)[Si](O)(O)C(CC)NC(=O)C(NC)C(C)C. The second kappa shape index (κ2) is 11.8. The molecular formula is C18H40N4O4Si. The maximum atomic E-state index is 12.5. The lowest BCUT2D eigenvalue weighted by atomic mass is 10.0. The maximum absolute atomic E-state index is 12.5. The summed E-state index contributed by atoms with van der Waals surface area (Å²) >= 11 is 0. The summed E-state index contributed by atoms with van der Waals surface area (Å²) < 4.78 is 0. The second-order valence-electron chi connectivity index (χ2n) is 7.74. The first-order chi connectivity index (χ1) is 12.5. The van der Waals surface area contributed by atoms with Gasteiger partial charge in [-0.1, -0.05) is 41.5 Å². The maximum Gasteiger partial charge on any atom is 0.378 e. The molecular weight excluding hydrogens is 364 g/mol. The zero-order chi connectivity index (χ0) is 21.4. The fraction of sp³-hybridized carbons (Fsp3) is 0.889. The Morgan fingerprint density at radius 3 is 1.26 bits per heavy atom. The van der Waals surface area contributed by atoms with E-state index in [1.807, 2.05) is 27.7 Å². The van der Waals surface area contributed by atoms with E-state index < -0.39 is 32.0 Å². The summed E-state index contributed by atoms with van der Waals surface area (Å²) in [7, 11) is -0.592. The molecule has 0 bridgehead atoms. The molecule has 160 valence electrons. The Labute approximate surface area is 165 Å². The first-order valence-corrected chi connectivity index (χ1v) is 11.9. The fourth-order valence-corrected chi connectivity index (χ4v) is 5.71. The van der Waals surface area contributed by atoms with E-state index in [9.17, 15) is 19.2 Å². The summed E-state index contributed by atoms with van der Waals surface area (Å²) in [5.74, 6) is -0.415. The van der Waals surface area contributed by atoms with Crippen molar-refractivity contribution in [3.8, 4) is 0 Å². The highest BCUT2D eigenvalue weighted by molar-refractivity contribution is 6.68. The molecule has 0 aliphatic carbocycles. The fourth-order valence-electron chi connectivity index (χ4n) is 3.32. The summed E-state index contributed by atoms with van der Waals surface area (Å²) in [5.41, 5.74) is -1.56. The number of carbonyl (C=O) groups excluding carboxylic acids is 2. The average Bonchev–Trinajstić information content (AvgIpc) is 2.57. The molecule has 0 aliphatic heterocycles. The van der Waals surface area contributed by atoms with Crippen molar-refractivity contribution in [3.05, 3.63) is 0 Å². The molecule has 27 heavy (non-hydrogen) atoms. The van der Waals surface area contributed by atoms with Crippen LogP contribution in [0, 0.1) is 11.8 Å². The van der Waals surface area contributed by atoms with Crippen LogP contribution in [0.15, 0.2) is 0 Å². The zero-order valence-corrected chi connectivity index (χ0v) is 19.1. The van der Waals surface area contributed by atoms with Crippen LogP contribution in [-0.4, -0.2) is 67.5 Å². The summed E-state index contributed by atoms with van der Waals surface area (Å²) in [6, 6.07) is -0.846. The van der Waals surface area contributed by atoms with Gasteiger partial charge in [-0.25, -0.2) is 0 Å².